The quantitative estimate of drug-likeness (QED) is 0.747. The average Bonchev–Trinajstić information content (AvgIpc) is 3.10. The fourth-order valence-corrected chi connectivity index (χ4v) is 3.42. The normalized spacial score (nSPS) is 18.9. The Labute approximate surface area is 160 Å². The van der Waals surface area contributed by atoms with Crippen LogP contribution in [0.1, 0.15) is 36.8 Å². The first-order chi connectivity index (χ1) is 13.2. The molecular formula is C21H27N3O3. The van der Waals surface area contributed by atoms with Gasteiger partial charge in [-0.05, 0) is 42.5 Å². The largest absolute Gasteiger partial charge is 0.493 e. The zero-order valence-electron chi connectivity index (χ0n) is 15.7. The predicted octanol–water partition coefficient (Wildman–Crippen LogP) is 2.80. The molecule has 27 heavy (non-hydrogen) atoms. The lowest BCUT2D eigenvalue weighted by Crippen LogP contribution is -2.31. The number of benzene rings is 1. The van der Waals surface area contributed by atoms with Crippen molar-refractivity contribution < 1.29 is 14.3 Å². The number of methoxy groups -OCH3 is 1. The number of nitrogens with zero attached hydrogens (tertiary/aromatic N) is 1. The summed E-state index contributed by atoms with van der Waals surface area (Å²) >= 11 is 0. The maximum absolute atomic E-state index is 12.2. The van der Waals surface area contributed by atoms with E-state index in [9.17, 15) is 4.79 Å². The SMILES string of the molecule is COc1cc(CNC(=O)C[C@@H]2CCC[C@H]2N)ccc1OCc1cccnc1. The zero-order chi connectivity index (χ0) is 19.1. The summed E-state index contributed by atoms with van der Waals surface area (Å²) in [6.45, 7) is 0.877. The summed E-state index contributed by atoms with van der Waals surface area (Å²) in [6, 6.07) is 9.68. The lowest BCUT2D eigenvalue weighted by atomic mass is 10.00. The number of aromatic nitrogens is 1. The number of amides is 1. The molecule has 1 aliphatic rings. The zero-order valence-corrected chi connectivity index (χ0v) is 15.7. The van der Waals surface area contributed by atoms with E-state index in [1.54, 1.807) is 19.5 Å². The van der Waals surface area contributed by atoms with Gasteiger partial charge in [-0.3, -0.25) is 9.78 Å². The Morgan fingerprint density at radius 1 is 1.26 bits per heavy atom. The van der Waals surface area contributed by atoms with Crippen LogP contribution in [0.25, 0.3) is 0 Å². The minimum Gasteiger partial charge on any atom is -0.493 e. The fraction of sp³-hybridized carbons (Fsp3) is 0.429. The Balaban J connectivity index is 1.53. The molecule has 6 nitrogen and oxygen atoms in total. The highest BCUT2D eigenvalue weighted by molar-refractivity contribution is 5.76. The molecule has 2 atom stereocenters. The van der Waals surface area contributed by atoms with E-state index in [0.29, 0.717) is 37.0 Å². The summed E-state index contributed by atoms with van der Waals surface area (Å²) in [5.74, 6) is 1.66. The van der Waals surface area contributed by atoms with Gasteiger partial charge in [-0.15, -0.1) is 0 Å². The average molecular weight is 369 g/mol. The summed E-state index contributed by atoms with van der Waals surface area (Å²) in [6.07, 6.45) is 7.20. The predicted molar refractivity (Wildman–Crippen MR) is 103 cm³/mol. The number of hydrogen-bond acceptors (Lipinski definition) is 5. The summed E-state index contributed by atoms with van der Waals surface area (Å²) in [5.41, 5.74) is 7.99. The van der Waals surface area contributed by atoms with Crippen molar-refractivity contribution in [2.24, 2.45) is 11.7 Å². The Bertz CT molecular complexity index is 752. The number of hydrogen-bond donors (Lipinski definition) is 2. The summed E-state index contributed by atoms with van der Waals surface area (Å²) < 4.78 is 11.3. The Hall–Kier alpha value is -2.60. The standard InChI is InChI=1S/C21H27N3O3/c1-26-20-10-15(13-24-21(25)11-17-5-2-6-18(17)22)7-8-19(20)27-14-16-4-3-9-23-12-16/h3-4,7-10,12,17-18H,2,5-6,11,13-14,22H2,1H3,(H,24,25)/t17-,18+/m0/s1. The van der Waals surface area contributed by atoms with Crippen LogP contribution in [0.15, 0.2) is 42.7 Å². The number of pyridine rings is 1. The number of ether oxygens (including phenoxy) is 2. The van der Waals surface area contributed by atoms with Crippen molar-refractivity contribution in [3.8, 4) is 11.5 Å². The van der Waals surface area contributed by atoms with Gasteiger partial charge in [0, 0.05) is 37.0 Å². The van der Waals surface area contributed by atoms with Crippen LogP contribution >= 0.6 is 0 Å². The summed E-state index contributed by atoms with van der Waals surface area (Å²) in [5, 5.41) is 2.98. The molecule has 0 aliphatic heterocycles. The van der Waals surface area contributed by atoms with Gasteiger partial charge in [0.2, 0.25) is 5.91 Å². The molecule has 3 N–H and O–H groups in total. The van der Waals surface area contributed by atoms with E-state index in [0.717, 1.165) is 30.4 Å². The molecule has 0 unspecified atom stereocenters. The van der Waals surface area contributed by atoms with Gasteiger partial charge in [0.1, 0.15) is 6.61 Å². The lowest BCUT2D eigenvalue weighted by Gasteiger charge is -2.15. The third kappa shape index (κ3) is 5.44. The van der Waals surface area contributed by atoms with Crippen molar-refractivity contribution >= 4 is 5.91 Å². The number of carbonyl (C=O) groups is 1. The van der Waals surface area contributed by atoms with Gasteiger partial charge in [0.05, 0.1) is 7.11 Å². The molecule has 1 saturated carbocycles. The molecule has 1 aromatic carbocycles. The molecule has 2 aromatic rings. The molecule has 1 amide bonds. The molecule has 0 bridgehead atoms. The van der Waals surface area contributed by atoms with E-state index in [4.69, 9.17) is 15.2 Å². The van der Waals surface area contributed by atoms with Crippen LogP contribution in [0, 0.1) is 5.92 Å². The first-order valence-electron chi connectivity index (χ1n) is 9.36. The first-order valence-corrected chi connectivity index (χ1v) is 9.36. The van der Waals surface area contributed by atoms with Crippen LogP contribution in [-0.2, 0) is 17.9 Å². The molecule has 6 heteroatoms. The molecule has 3 rings (SSSR count). The van der Waals surface area contributed by atoms with Gasteiger partial charge < -0.3 is 20.5 Å². The van der Waals surface area contributed by atoms with Crippen molar-refractivity contribution in [3.63, 3.8) is 0 Å². The second kappa shape index (κ2) is 9.37. The molecule has 1 aliphatic carbocycles. The van der Waals surface area contributed by atoms with E-state index in [2.05, 4.69) is 10.3 Å². The van der Waals surface area contributed by atoms with Gasteiger partial charge >= 0.3 is 0 Å². The lowest BCUT2D eigenvalue weighted by molar-refractivity contribution is -0.122. The fourth-order valence-electron chi connectivity index (χ4n) is 3.42. The summed E-state index contributed by atoms with van der Waals surface area (Å²) in [4.78, 5) is 16.2. The van der Waals surface area contributed by atoms with Gasteiger partial charge in [-0.25, -0.2) is 0 Å². The van der Waals surface area contributed by atoms with Crippen LogP contribution in [0.3, 0.4) is 0 Å². The molecule has 1 aromatic heterocycles. The van der Waals surface area contributed by atoms with Gasteiger partial charge in [-0.2, -0.15) is 0 Å². The van der Waals surface area contributed by atoms with E-state index in [1.807, 2.05) is 30.3 Å². The van der Waals surface area contributed by atoms with E-state index in [-0.39, 0.29) is 11.9 Å². The van der Waals surface area contributed by atoms with Crippen LogP contribution in [0.4, 0.5) is 0 Å². The number of nitrogens with one attached hydrogen (secondary N) is 1. The van der Waals surface area contributed by atoms with Crippen molar-refractivity contribution in [2.75, 3.05) is 7.11 Å². The maximum atomic E-state index is 12.2. The third-order valence-electron chi connectivity index (χ3n) is 5.00. The van der Waals surface area contributed by atoms with Crippen molar-refractivity contribution in [2.45, 2.75) is 44.9 Å². The first kappa shape index (κ1) is 19.2. The monoisotopic (exact) mass is 369 g/mol. The molecule has 0 radical (unpaired) electrons. The van der Waals surface area contributed by atoms with Crippen LogP contribution < -0.4 is 20.5 Å². The minimum absolute atomic E-state index is 0.0493. The summed E-state index contributed by atoms with van der Waals surface area (Å²) in [7, 11) is 1.61. The van der Waals surface area contributed by atoms with Gasteiger partial charge in [0.15, 0.2) is 11.5 Å². The Morgan fingerprint density at radius 3 is 2.85 bits per heavy atom. The van der Waals surface area contributed by atoms with Crippen molar-refractivity contribution in [1.82, 2.24) is 10.3 Å². The number of rotatable bonds is 8. The number of carbonyl (C=O) groups excluding carboxylic acids is 1. The minimum atomic E-state index is 0.0493. The smallest absolute Gasteiger partial charge is 0.220 e. The van der Waals surface area contributed by atoms with Crippen molar-refractivity contribution in [3.05, 3.63) is 53.9 Å². The maximum Gasteiger partial charge on any atom is 0.220 e. The van der Waals surface area contributed by atoms with E-state index < -0.39 is 0 Å². The highest BCUT2D eigenvalue weighted by Crippen LogP contribution is 2.29. The molecule has 0 saturated heterocycles. The molecular weight excluding hydrogens is 342 g/mol. The van der Waals surface area contributed by atoms with Gasteiger partial charge in [0.25, 0.3) is 0 Å². The highest BCUT2D eigenvalue weighted by Gasteiger charge is 2.25. The van der Waals surface area contributed by atoms with Crippen molar-refractivity contribution in [1.29, 1.82) is 0 Å². The second-order valence-corrected chi connectivity index (χ2v) is 6.97. The van der Waals surface area contributed by atoms with Crippen LogP contribution in [-0.4, -0.2) is 24.0 Å². The second-order valence-electron chi connectivity index (χ2n) is 6.97. The Kier molecular flexibility index (Phi) is 6.65. The molecule has 144 valence electrons. The van der Waals surface area contributed by atoms with Crippen LogP contribution in [0.2, 0.25) is 0 Å². The van der Waals surface area contributed by atoms with E-state index >= 15 is 0 Å². The Morgan fingerprint density at radius 2 is 2.15 bits per heavy atom. The van der Waals surface area contributed by atoms with Gasteiger partial charge in [-0.1, -0.05) is 18.6 Å². The topological polar surface area (TPSA) is 86.5 Å². The molecule has 1 heterocycles. The van der Waals surface area contributed by atoms with E-state index in [1.165, 1.54) is 0 Å². The van der Waals surface area contributed by atoms with Crippen LogP contribution in [0.5, 0.6) is 11.5 Å². The third-order valence-corrected chi connectivity index (χ3v) is 5.00. The molecule has 1 fully saturated rings. The highest BCUT2D eigenvalue weighted by atomic mass is 16.5. The number of nitrogens with two attached hydrogens (primary N) is 1. The molecule has 0 spiro atoms.